The number of phosphoric acid groups is 2. The molecule has 1 saturated heterocycles. The summed E-state index contributed by atoms with van der Waals surface area (Å²) in [5, 5.41) is 41.2. The number of aliphatic hydroxyl groups excluding tert-OH is 4. The quantitative estimate of drug-likeness (QED) is 0.0103. The van der Waals surface area contributed by atoms with Gasteiger partial charge in [-0.05, 0) is 51.4 Å². The second-order valence-corrected chi connectivity index (χ2v) is 19.5. The fourth-order valence-electron chi connectivity index (χ4n) is 7.35. The van der Waals surface area contributed by atoms with Crippen LogP contribution in [-0.4, -0.2) is 115 Å². The first kappa shape index (κ1) is 58.3. The molecule has 0 aromatic rings. The van der Waals surface area contributed by atoms with Gasteiger partial charge in [-0.15, -0.1) is 0 Å². The number of rotatable bonds is 38. The van der Waals surface area contributed by atoms with Crippen molar-refractivity contribution in [1.82, 2.24) is 0 Å². The van der Waals surface area contributed by atoms with Gasteiger partial charge < -0.3 is 49.3 Å². The highest BCUT2D eigenvalue weighted by atomic mass is 31.2. The minimum Gasteiger partial charge on any atom is -0.462 e. The Kier molecular flexibility index (Phi) is 30.6. The number of epoxide rings is 1. The summed E-state index contributed by atoms with van der Waals surface area (Å²) < 4.78 is 55.1. The number of phosphoric ester groups is 2. The van der Waals surface area contributed by atoms with Crippen LogP contribution in [0, 0.1) is 0 Å². The maximum absolute atomic E-state index is 13.0. The van der Waals surface area contributed by atoms with Crippen LogP contribution in [0.5, 0.6) is 0 Å². The summed E-state index contributed by atoms with van der Waals surface area (Å²) in [7, 11) is -10.7. The molecule has 7 unspecified atom stereocenters. The zero-order valence-corrected chi connectivity index (χ0v) is 39.9. The van der Waals surface area contributed by atoms with E-state index < -0.39 is 83.5 Å². The Hall–Kier alpha value is -1.82. The van der Waals surface area contributed by atoms with Crippen LogP contribution in [0.25, 0.3) is 0 Å². The maximum atomic E-state index is 13.0. The number of aliphatic hydroxyl groups is 4. The van der Waals surface area contributed by atoms with Crippen LogP contribution in [0.3, 0.4) is 0 Å². The van der Waals surface area contributed by atoms with E-state index in [4.69, 9.17) is 23.3 Å². The van der Waals surface area contributed by atoms with Crippen LogP contribution in [0.1, 0.15) is 168 Å². The third-order valence-electron chi connectivity index (χ3n) is 11.1. The zero-order valence-electron chi connectivity index (χ0n) is 38.2. The Labute approximate surface area is 380 Å². The molecule has 0 aromatic carbocycles. The molecule has 2 fully saturated rings. The number of unbranched alkanes of at least 4 members (excludes halogenated alkanes) is 15. The van der Waals surface area contributed by atoms with Gasteiger partial charge in [0.05, 0.1) is 18.8 Å². The van der Waals surface area contributed by atoms with Crippen LogP contribution < -0.4 is 0 Å². The molecule has 2 rings (SSSR count). The van der Waals surface area contributed by atoms with E-state index in [0.717, 1.165) is 51.4 Å². The lowest BCUT2D eigenvalue weighted by Gasteiger charge is -2.43. The third kappa shape index (κ3) is 27.1. The monoisotopic (exact) mass is 954 g/mol. The summed E-state index contributed by atoms with van der Waals surface area (Å²) in [4.78, 5) is 54.4. The number of carbonyl (C=O) groups is 2. The fraction of sp³-hybridized carbons (Fsp3) is 0.822. The normalized spacial score (nSPS) is 25.3. The van der Waals surface area contributed by atoms with Crippen molar-refractivity contribution in [2.45, 2.75) is 223 Å². The summed E-state index contributed by atoms with van der Waals surface area (Å²) in [6.07, 6.45) is 21.2. The standard InChI is InChI=1S/C45H80O17P2/c1-3-5-7-9-11-13-15-17-19-21-23-25-27-31-38(46)57-33-35(34-58-64(55,56)62-45-42(50)40(48)41(49)44(43(45)51)61-63(52,53)54)59-39(47)32-28-30-37-36(60-37)29-26-24-22-20-18-16-14-12-10-8-6-4-2/h12,14,18,20,24,26,35-37,40-45,48-51H,3-11,13,15-17,19,21-23,25,27-34H2,1-2H3,(H,55,56)(H2,52,53,54)/b14-12-,20-18-,26-24-/t35-,36?,37?,40?,41?,42?,43?,44-,45+/m1/s1. The predicted octanol–water partition coefficient (Wildman–Crippen LogP) is 7.72. The Morgan fingerprint density at radius 2 is 1.09 bits per heavy atom. The highest BCUT2D eigenvalue weighted by Crippen LogP contribution is 2.49. The number of carbonyl (C=O) groups excluding carboxylic acids is 2. The van der Waals surface area contributed by atoms with Crippen molar-refractivity contribution in [2.75, 3.05) is 13.2 Å². The lowest BCUT2D eigenvalue weighted by molar-refractivity contribution is -0.216. The molecule has 64 heavy (non-hydrogen) atoms. The van der Waals surface area contributed by atoms with E-state index in [1.165, 1.54) is 70.6 Å². The summed E-state index contributed by atoms with van der Waals surface area (Å²) >= 11 is 0. The molecule has 0 bridgehead atoms. The van der Waals surface area contributed by atoms with Gasteiger partial charge in [-0.2, -0.15) is 0 Å². The van der Waals surface area contributed by atoms with Gasteiger partial charge in [0.1, 0.15) is 43.2 Å². The average Bonchev–Trinajstić information content (AvgIpc) is 4.00. The number of allylic oxidation sites excluding steroid dienone is 5. The topological polar surface area (TPSA) is 269 Å². The van der Waals surface area contributed by atoms with Gasteiger partial charge in [0.15, 0.2) is 6.10 Å². The van der Waals surface area contributed by atoms with E-state index in [2.05, 4.69) is 54.8 Å². The lowest BCUT2D eigenvalue weighted by Crippen LogP contribution is -2.64. The second-order valence-electron chi connectivity index (χ2n) is 16.9. The Bertz CT molecular complexity index is 1450. The molecule has 1 aliphatic carbocycles. The van der Waals surface area contributed by atoms with Crippen molar-refractivity contribution < 1.29 is 81.6 Å². The van der Waals surface area contributed by atoms with Crippen molar-refractivity contribution in [2.24, 2.45) is 0 Å². The van der Waals surface area contributed by atoms with E-state index in [-0.39, 0.29) is 25.0 Å². The van der Waals surface area contributed by atoms with E-state index in [1.807, 2.05) is 0 Å². The van der Waals surface area contributed by atoms with Gasteiger partial charge in [-0.1, -0.05) is 140 Å². The van der Waals surface area contributed by atoms with E-state index in [0.29, 0.717) is 19.3 Å². The molecule has 0 radical (unpaired) electrons. The largest absolute Gasteiger partial charge is 0.472 e. The van der Waals surface area contributed by atoms with Crippen LogP contribution in [0.2, 0.25) is 0 Å². The summed E-state index contributed by atoms with van der Waals surface area (Å²) in [5.41, 5.74) is 0. The zero-order chi connectivity index (χ0) is 47.2. The first-order valence-corrected chi connectivity index (χ1v) is 26.7. The predicted molar refractivity (Wildman–Crippen MR) is 241 cm³/mol. The fourth-order valence-corrected chi connectivity index (χ4v) is 8.89. The smallest absolute Gasteiger partial charge is 0.462 e. The van der Waals surface area contributed by atoms with E-state index in [9.17, 15) is 53.8 Å². The lowest BCUT2D eigenvalue weighted by atomic mass is 9.85. The average molecular weight is 955 g/mol. The molecule has 7 N–H and O–H groups in total. The SMILES string of the molecule is CCCCC/C=C\C/C=C\C/C=C\CC1OC1CCCC(=O)O[C@H](COC(=O)CCCCCCCCCCCCCCC)COP(=O)(O)O[C@H]1C(O)C(O)C(O)[C@@H](OP(=O)(O)O)C1O. The number of ether oxygens (including phenoxy) is 3. The van der Waals surface area contributed by atoms with Crippen molar-refractivity contribution >= 4 is 27.6 Å². The van der Waals surface area contributed by atoms with Gasteiger partial charge >= 0.3 is 27.6 Å². The summed E-state index contributed by atoms with van der Waals surface area (Å²) in [5.74, 6) is -1.28. The Balaban J connectivity index is 1.84. The molecule has 372 valence electrons. The minimum atomic E-state index is -5.37. The first-order chi connectivity index (χ1) is 30.6. The van der Waals surface area contributed by atoms with Gasteiger partial charge in [-0.3, -0.25) is 23.2 Å². The molecular weight excluding hydrogens is 874 g/mol. The van der Waals surface area contributed by atoms with Gasteiger partial charge in [0, 0.05) is 12.8 Å². The Morgan fingerprint density at radius 1 is 0.578 bits per heavy atom. The Morgan fingerprint density at radius 3 is 1.69 bits per heavy atom. The van der Waals surface area contributed by atoms with Crippen molar-refractivity contribution in [3.05, 3.63) is 36.5 Å². The third-order valence-corrected chi connectivity index (χ3v) is 12.6. The molecule has 0 spiro atoms. The first-order valence-electron chi connectivity index (χ1n) is 23.7. The van der Waals surface area contributed by atoms with Crippen LogP contribution in [0.15, 0.2) is 36.5 Å². The molecule has 10 atom stereocenters. The maximum Gasteiger partial charge on any atom is 0.472 e. The highest BCUT2D eigenvalue weighted by Gasteiger charge is 2.54. The van der Waals surface area contributed by atoms with Gasteiger partial charge in [0.2, 0.25) is 0 Å². The molecule has 0 aromatic heterocycles. The minimum absolute atomic E-state index is 0.00902. The van der Waals surface area contributed by atoms with Gasteiger partial charge in [0.25, 0.3) is 0 Å². The van der Waals surface area contributed by atoms with Crippen molar-refractivity contribution in [1.29, 1.82) is 0 Å². The van der Waals surface area contributed by atoms with Crippen molar-refractivity contribution in [3.8, 4) is 0 Å². The van der Waals surface area contributed by atoms with Crippen LogP contribution in [-0.2, 0) is 46.5 Å². The number of esters is 2. The van der Waals surface area contributed by atoms with E-state index in [1.54, 1.807) is 0 Å². The molecule has 0 amide bonds. The molecule has 1 aliphatic heterocycles. The molecule has 1 saturated carbocycles. The molecular formula is C45H80O17P2. The van der Waals surface area contributed by atoms with E-state index >= 15 is 0 Å². The number of hydrogen-bond donors (Lipinski definition) is 7. The summed E-state index contributed by atoms with van der Waals surface area (Å²) in [6.45, 7) is 3.01. The van der Waals surface area contributed by atoms with Crippen molar-refractivity contribution in [3.63, 3.8) is 0 Å². The molecule has 17 nitrogen and oxygen atoms in total. The highest BCUT2D eigenvalue weighted by molar-refractivity contribution is 7.47. The number of hydrogen-bond acceptors (Lipinski definition) is 14. The second kappa shape index (κ2) is 33.6. The van der Waals surface area contributed by atoms with Crippen LogP contribution >= 0.6 is 15.6 Å². The molecule has 1 heterocycles. The van der Waals surface area contributed by atoms with Crippen LogP contribution in [0.4, 0.5) is 0 Å². The molecule has 19 heteroatoms. The summed E-state index contributed by atoms with van der Waals surface area (Å²) in [6, 6.07) is 0. The molecule has 2 aliphatic rings. The van der Waals surface area contributed by atoms with Gasteiger partial charge in [-0.25, -0.2) is 9.13 Å².